The number of imidazole rings is 1. The van der Waals surface area contributed by atoms with Gasteiger partial charge in [-0.25, -0.2) is 4.98 Å². The Balaban J connectivity index is 1.72. The van der Waals surface area contributed by atoms with Crippen molar-refractivity contribution < 1.29 is 9.53 Å². The number of carbonyl (C=O) groups excluding carboxylic acids is 1. The van der Waals surface area contributed by atoms with E-state index in [1.165, 1.54) is 0 Å². The molecule has 1 aliphatic carbocycles. The minimum atomic E-state index is -0.508. The van der Waals surface area contributed by atoms with Crippen LogP contribution in [-0.4, -0.2) is 32.5 Å². The van der Waals surface area contributed by atoms with Crippen molar-refractivity contribution >= 4 is 5.91 Å². The molecule has 0 spiro atoms. The molecule has 0 saturated heterocycles. The average Bonchev–Trinajstić information content (AvgIpc) is 3.31. The van der Waals surface area contributed by atoms with Gasteiger partial charge in [0, 0.05) is 25.5 Å². The van der Waals surface area contributed by atoms with Crippen LogP contribution in [0.2, 0.25) is 0 Å². The van der Waals surface area contributed by atoms with Crippen LogP contribution < -0.4 is 4.74 Å². The number of hydrogen-bond acceptors (Lipinski definition) is 3. The van der Waals surface area contributed by atoms with E-state index in [4.69, 9.17) is 4.74 Å². The maximum absolute atomic E-state index is 12.9. The number of rotatable bonds is 6. The van der Waals surface area contributed by atoms with Gasteiger partial charge >= 0.3 is 0 Å². The highest BCUT2D eigenvalue weighted by atomic mass is 16.5. The number of benzene rings is 1. The second-order valence-electron chi connectivity index (χ2n) is 6.68. The molecule has 128 valence electrons. The lowest BCUT2D eigenvalue weighted by molar-refractivity contribution is -0.139. The second-order valence-corrected chi connectivity index (χ2v) is 6.68. The van der Waals surface area contributed by atoms with E-state index in [1.54, 1.807) is 6.20 Å². The molecule has 0 bridgehead atoms. The molecule has 5 heteroatoms. The van der Waals surface area contributed by atoms with E-state index in [1.807, 2.05) is 61.7 Å². The van der Waals surface area contributed by atoms with Crippen molar-refractivity contribution in [2.75, 3.05) is 0 Å². The molecule has 1 heterocycles. The summed E-state index contributed by atoms with van der Waals surface area (Å²) in [5, 5.41) is 0. The van der Waals surface area contributed by atoms with Crippen LogP contribution in [0.3, 0.4) is 0 Å². The largest absolute Gasteiger partial charge is 0.481 e. The van der Waals surface area contributed by atoms with Gasteiger partial charge in [-0.1, -0.05) is 12.1 Å². The van der Waals surface area contributed by atoms with E-state index >= 15 is 0 Å². The van der Waals surface area contributed by atoms with Crippen LogP contribution in [0.15, 0.2) is 30.6 Å². The molecule has 24 heavy (non-hydrogen) atoms. The molecule has 1 aromatic heterocycles. The van der Waals surface area contributed by atoms with Crippen molar-refractivity contribution in [1.29, 1.82) is 0 Å². The number of hydrogen-bond donors (Lipinski definition) is 0. The maximum Gasteiger partial charge on any atom is 0.264 e. The minimum Gasteiger partial charge on any atom is -0.481 e. The fourth-order valence-corrected chi connectivity index (χ4v) is 2.78. The summed E-state index contributed by atoms with van der Waals surface area (Å²) in [6, 6.07) is 6.37. The van der Waals surface area contributed by atoms with Crippen LogP contribution in [-0.2, 0) is 18.4 Å². The van der Waals surface area contributed by atoms with Crippen LogP contribution in [0.4, 0.5) is 0 Å². The van der Waals surface area contributed by atoms with E-state index in [0.29, 0.717) is 12.6 Å². The Morgan fingerprint density at radius 2 is 2.17 bits per heavy atom. The molecule has 0 N–H and O–H groups in total. The SMILES string of the molecule is Cc1ccc(C)c(OC(C)C(=O)N(Cc2nccn2C)C2CC2)c1. The second kappa shape index (κ2) is 6.67. The Morgan fingerprint density at radius 1 is 1.42 bits per heavy atom. The van der Waals surface area contributed by atoms with E-state index < -0.39 is 6.10 Å². The minimum absolute atomic E-state index is 0.0291. The molecule has 1 atom stereocenters. The van der Waals surface area contributed by atoms with Crippen LogP contribution in [0, 0.1) is 13.8 Å². The summed E-state index contributed by atoms with van der Waals surface area (Å²) in [6.45, 7) is 6.39. The molecule has 1 aliphatic rings. The summed E-state index contributed by atoms with van der Waals surface area (Å²) in [4.78, 5) is 19.2. The summed E-state index contributed by atoms with van der Waals surface area (Å²) in [5.74, 6) is 1.71. The van der Waals surface area contributed by atoms with Gasteiger partial charge in [0.2, 0.25) is 0 Å². The van der Waals surface area contributed by atoms with Crippen LogP contribution in [0.1, 0.15) is 36.7 Å². The highest BCUT2D eigenvalue weighted by Crippen LogP contribution is 2.29. The number of carbonyl (C=O) groups is 1. The smallest absolute Gasteiger partial charge is 0.264 e. The summed E-state index contributed by atoms with van der Waals surface area (Å²) >= 11 is 0. The van der Waals surface area contributed by atoms with Gasteiger partial charge in [0.1, 0.15) is 11.6 Å². The van der Waals surface area contributed by atoms with Gasteiger partial charge in [-0.3, -0.25) is 4.79 Å². The Bertz CT molecular complexity index is 734. The molecule has 0 aliphatic heterocycles. The van der Waals surface area contributed by atoms with E-state index in [0.717, 1.165) is 35.5 Å². The first-order valence-electron chi connectivity index (χ1n) is 8.46. The topological polar surface area (TPSA) is 47.4 Å². The fraction of sp³-hybridized carbons (Fsp3) is 0.474. The molecular formula is C19H25N3O2. The van der Waals surface area contributed by atoms with E-state index in [-0.39, 0.29) is 5.91 Å². The maximum atomic E-state index is 12.9. The van der Waals surface area contributed by atoms with Gasteiger partial charge < -0.3 is 14.2 Å². The molecular weight excluding hydrogens is 302 g/mol. The molecule has 5 nitrogen and oxygen atoms in total. The van der Waals surface area contributed by atoms with Gasteiger partial charge in [0.05, 0.1) is 6.54 Å². The number of ether oxygens (including phenoxy) is 1. The van der Waals surface area contributed by atoms with Crippen LogP contribution in [0.25, 0.3) is 0 Å². The van der Waals surface area contributed by atoms with Gasteiger partial charge in [-0.15, -0.1) is 0 Å². The Kier molecular flexibility index (Phi) is 4.60. The first-order valence-corrected chi connectivity index (χ1v) is 8.46. The fourth-order valence-electron chi connectivity index (χ4n) is 2.78. The molecule has 1 aromatic carbocycles. The Hall–Kier alpha value is -2.30. The van der Waals surface area contributed by atoms with Gasteiger partial charge in [-0.05, 0) is 50.8 Å². The lowest BCUT2D eigenvalue weighted by atomic mass is 10.1. The molecule has 1 unspecified atom stereocenters. The van der Waals surface area contributed by atoms with Crippen molar-refractivity contribution in [3.05, 3.63) is 47.5 Å². The van der Waals surface area contributed by atoms with Crippen molar-refractivity contribution in [3.63, 3.8) is 0 Å². The molecule has 3 rings (SSSR count). The Morgan fingerprint density at radius 3 is 2.79 bits per heavy atom. The zero-order chi connectivity index (χ0) is 17.3. The highest BCUT2D eigenvalue weighted by molar-refractivity contribution is 5.81. The summed E-state index contributed by atoms with van der Waals surface area (Å²) in [5.41, 5.74) is 2.17. The summed E-state index contributed by atoms with van der Waals surface area (Å²) < 4.78 is 7.93. The number of aromatic nitrogens is 2. The highest BCUT2D eigenvalue weighted by Gasteiger charge is 2.36. The molecule has 1 saturated carbocycles. The monoisotopic (exact) mass is 327 g/mol. The number of aryl methyl sites for hydroxylation is 3. The van der Waals surface area contributed by atoms with E-state index in [2.05, 4.69) is 4.98 Å². The predicted octanol–water partition coefficient (Wildman–Crippen LogP) is 3.00. The zero-order valence-corrected chi connectivity index (χ0v) is 14.8. The molecule has 1 fully saturated rings. The van der Waals surface area contributed by atoms with Crippen LogP contribution >= 0.6 is 0 Å². The lowest BCUT2D eigenvalue weighted by Crippen LogP contribution is -2.42. The van der Waals surface area contributed by atoms with Crippen molar-refractivity contribution in [2.24, 2.45) is 7.05 Å². The lowest BCUT2D eigenvalue weighted by Gasteiger charge is -2.26. The standard InChI is InChI=1S/C19H25N3O2/c1-13-5-6-14(2)17(11-13)24-15(3)19(23)22(16-7-8-16)12-18-20-9-10-21(18)4/h5-6,9-11,15-16H,7-8,12H2,1-4H3. The van der Waals surface area contributed by atoms with Crippen molar-refractivity contribution in [2.45, 2.75) is 52.3 Å². The first kappa shape index (κ1) is 16.6. The van der Waals surface area contributed by atoms with Crippen molar-refractivity contribution in [1.82, 2.24) is 14.5 Å². The Labute approximate surface area is 143 Å². The van der Waals surface area contributed by atoms with Gasteiger partial charge in [0.25, 0.3) is 5.91 Å². The van der Waals surface area contributed by atoms with Gasteiger partial charge in [-0.2, -0.15) is 0 Å². The third-order valence-electron chi connectivity index (χ3n) is 4.50. The third-order valence-corrected chi connectivity index (χ3v) is 4.50. The first-order chi connectivity index (χ1) is 11.5. The number of amides is 1. The van der Waals surface area contributed by atoms with Crippen molar-refractivity contribution in [3.8, 4) is 5.75 Å². The molecule has 2 aromatic rings. The number of nitrogens with zero attached hydrogens (tertiary/aromatic N) is 3. The normalized spacial score (nSPS) is 15.2. The van der Waals surface area contributed by atoms with Gasteiger partial charge in [0.15, 0.2) is 6.10 Å². The molecule has 0 radical (unpaired) electrons. The predicted molar refractivity (Wildman–Crippen MR) is 92.8 cm³/mol. The summed E-state index contributed by atoms with van der Waals surface area (Å²) in [6.07, 6.45) is 5.28. The quantitative estimate of drug-likeness (QED) is 0.819. The zero-order valence-electron chi connectivity index (χ0n) is 14.8. The van der Waals surface area contributed by atoms with Crippen LogP contribution in [0.5, 0.6) is 5.75 Å². The third kappa shape index (κ3) is 3.61. The van der Waals surface area contributed by atoms with E-state index in [9.17, 15) is 4.79 Å². The molecule has 1 amide bonds. The average molecular weight is 327 g/mol. The summed E-state index contributed by atoms with van der Waals surface area (Å²) in [7, 11) is 1.95.